The van der Waals surface area contributed by atoms with Gasteiger partial charge in [-0.05, 0) is 75.1 Å². The summed E-state index contributed by atoms with van der Waals surface area (Å²) in [6.07, 6.45) is 1.11. The quantitative estimate of drug-likeness (QED) is 0.289. The van der Waals surface area contributed by atoms with Gasteiger partial charge in [0.25, 0.3) is 10.0 Å². The standard InChI is InChI=1S/C31H38ClN3O4S/c1-6-24(5)33-31(37)28(7-2)34(20-25-13-10-11-22(3)19-25)30(36)21-35(29-14-9-8-12-23(29)4)40(38,39)27-17-15-26(32)16-18-27/h8-19,24,28H,6-7,20-21H2,1-5H3,(H,33,37). The predicted octanol–water partition coefficient (Wildman–Crippen LogP) is 5.87. The first-order chi connectivity index (χ1) is 19.0. The van der Waals surface area contributed by atoms with E-state index in [4.69, 9.17) is 11.6 Å². The lowest BCUT2D eigenvalue weighted by Gasteiger charge is -2.34. The van der Waals surface area contributed by atoms with E-state index in [0.717, 1.165) is 21.9 Å². The average molecular weight is 584 g/mol. The molecule has 0 aromatic heterocycles. The Hall–Kier alpha value is -3.36. The molecule has 3 aromatic carbocycles. The Morgan fingerprint density at radius 2 is 1.60 bits per heavy atom. The molecule has 0 heterocycles. The van der Waals surface area contributed by atoms with E-state index in [1.165, 1.54) is 29.2 Å². The molecular weight excluding hydrogens is 546 g/mol. The number of anilines is 1. The number of hydrogen-bond acceptors (Lipinski definition) is 4. The summed E-state index contributed by atoms with van der Waals surface area (Å²) in [4.78, 5) is 29.0. The highest BCUT2D eigenvalue weighted by molar-refractivity contribution is 7.92. The van der Waals surface area contributed by atoms with Crippen LogP contribution in [0, 0.1) is 13.8 Å². The van der Waals surface area contributed by atoms with Gasteiger partial charge in [-0.3, -0.25) is 13.9 Å². The number of para-hydroxylation sites is 1. The van der Waals surface area contributed by atoms with Crippen molar-refractivity contribution in [2.24, 2.45) is 0 Å². The molecule has 2 amide bonds. The van der Waals surface area contributed by atoms with Crippen LogP contribution in [0.2, 0.25) is 5.02 Å². The van der Waals surface area contributed by atoms with Gasteiger partial charge in [-0.25, -0.2) is 8.42 Å². The smallest absolute Gasteiger partial charge is 0.264 e. The third-order valence-corrected chi connectivity index (χ3v) is 8.91. The van der Waals surface area contributed by atoms with Crippen molar-refractivity contribution >= 4 is 39.1 Å². The van der Waals surface area contributed by atoms with Crippen LogP contribution in [0.15, 0.2) is 77.7 Å². The summed E-state index contributed by atoms with van der Waals surface area (Å²) in [6, 6.07) is 19.7. The number of hydrogen-bond donors (Lipinski definition) is 1. The topological polar surface area (TPSA) is 86.8 Å². The minimum Gasteiger partial charge on any atom is -0.352 e. The minimum atomic E-state index is -4.15. The maximum Gasteiger partial charge on any atom is 0.264 e. The summed E-state index contributed by atoms with van der Waals surface area (Å²) < 4.78 is 29.0. The molecule has 2 unspecified atom stereocenters. The van der Waals surface area contributed by atoms with E-state index in [9.17, 15) is 18.0 Å². The van der Waals surface area contributed by atoms with Gasteiger partial charge in [-0.1, -0.05) is 73.5 Å². The van der Waals surface area contributed by atoms with Crippen molar-refractivity contribution in [3.8, 4) is 0 Å². The maximum absolute atomic E-state index is 14.1. The molecule has 9 heteroatoms. The van der Waals surface area contributed by atoms with Crippen LogP contribution in [0.4, 0.5) is 5.69 Å². The minimum absolute atomic E-state index is 0.0137. The number of benzene rings is 3. The summed E-state index contributed by atoms with van der Waals surface area (Å²) in [6.45, 7) is 9.18. The fraction of sp³-hybridized carbons (Fsp3) is 0.355. The Morgan fingerprint density at radius 1 is 0.925 bits per heavy atom. The number of halogens is 1. The van der Waals surface area contributed by atoms with Gasteiger partial charge in [-0.15, -0.1) is 0 Å². The number of aryl methyl sites for hydroxylation is 2. The van der Waals surface area contributed by atoms with Crippen LogP contribution in [-0.2, 0) is 26.2 Å². The normalized spacial score (nSPS) is 12.8. The van der Waals surface area contributed by atoms with Crippen molar-refractivity contribution in [3.63, 3.8) is 0 Å². The lowest BCUT2D eigenvalue weighted by molar-refractivity contribution is -0.140. The second kappa shape index (κ2) is 13.8. The first-order valence-corrected chi connectivity index (χ1v) is 15.3. The van der Waals surface area contributed by atoms with Gasteiger partial charge in [-0.2, -0.15) is 0 Å². The Labute approximate surface area is 243 Å². The molecule has 0 saturated heterocycles. The van der Waals surface area contributed by atoms with Gasteiger partial charge in [0, 0.05) is 17.6 Å². The first-order valence-electron chi connectivity index (χ1n) is 13.5. The highest BCUT2D eigenvalue weighted by Crippen LogP contribution is 2.28. The Morgan fingerprint density at radius 3 is 2.20 bits per heavy atom. The molecule has 0 bridgehead atoms. The zero-order valence-corrected chi connectivity index (χ0v) is 25.3. The second-order valence-corrected chi connectivity index (χ2v) is 12.3. The largest absolute Gasteiger partial charge is 0.352 e. The van der Waals surface area contributed by atoms with Gasteiger partial charge in [0.15, 0.2) is 0 Å². The Bertz CT molecular complexity index is 1430. The van der Waals surface area contributed by atoms with Crippen LogP contribution in [0.1, 0.15) is 50.3 Å². The zero-order chi connectivity index (χ0) is 29.4. The molecular formula is C31H38ClN3O4S. The van der Waals surface area contributed by atoms with Crippen LogP contribution in [0.5, 0.6) is 0 Å². The summed E-state index contributed by atoms with van der Waals surface area (Å²) in [7, 11) is -4.15. The third-order valence-electron chi connectivity index (χ3n) is 6.89. The Balaban J connectivity index is 2.07. The van der Waals surface area contributed by atoms with E-state index in [0.29, 0.717) is 22.7 Å². The lowest BCUT2D eigenvalue weighted by atomic mass is 10.1. The molecule has 1 N–H and O–H groups in total. The summed E-state index contributed by atoms with van der Waals surface area (Å²) in [5.41, 5.74) is 2.96. The van der Waals surface area contributed by atoms with Crippen molar-refractivity contribution < 1.29 is 18.0 Å². The van der Waals surface area contributed by atoms with Gasteiger partial charge in [0.1, 0.15) is 12.6 Å². The van der Waals surface area contributed by atoms with Crippen molar-refractivity contribution in [3.05, 3.63) is 94.5 Å². The first kappa shape index (κ1) is 31.2. The average Bonchev–Trinajstić information content (AvgIpc) is 2.92. The third kappa shape index (κ3) is 7.64. The van der Waals surface area contributed by atoms with E-state index in [1.807, 2.05) is 58.0 Å². The van der Waals surface area contributed by atoms with E-state index in [2.05, 4.69) is 5.32 Å². The number of amides is 2. The van der Waals surface area contributed by atoms with Gasteiger partial charge < -0.3 is 10.2 Å². The maximum atomic E-state index is 14.1. The van der Waals surface area contributed by atoms with E-state index < -0.39 is 28.5 Å². The molecule has 0 aliphatic heterocycles. The molecule has 3 aromatic rings. The number of nitrogens with one attached hydrogen (secondary N) is 1. The zero-order valence-electron chi connectivity index (χ0n) is 23.7. The predicted molar refractivity (Wildman–Crippen MR) is 161 cm³/mol. The number of sulfonamides is 1. The molecule has 2 atom stereocenters. The van der Waals surface area contributed by atoms with E-state index >= 15 is 0 Å². The molecule has 7 nitrogen and oxygen atoms in total. The molecule has 0 aliphatic rings. The molecule has 214 valence electrons. The highest BCUT2D eigenvalue weighted by atomic mass is 35.5. The van der Waals surface area contributed by atoms with E-state index in [1.54, 1.807) is 25.1 Å². The number of nitrogens with zero attached hydrogens (tertiary/aromatic N) is 2. The van der Waals surface area contributed by atoms with Crippen molar-refractivity contribution in [1.29, 1.82) is 0 Å². The monoisotopic (exact) mass is 583 g/mol. The molecule has 0 saturated carbocycles. The van der Waals surface area contributed by atoms with Crippen LogP contribution in [0.25, 0.3) is 0 Å². The summed E-state index contributed by atoms with van der Waals surface area (Å²) in [5, 5.41) is 3.39. The molecule has 0 spiro atoms. The summed E-state index contributed by atoms with van der Waals surface area (Å²) in [5.74, 6) is -0.741. The van der Waals surface area contributed by atoms with Gasteiger partial charge in [0.05, 0.1) is 10.6 Å². The Kier molecular flexibility index (Phi) is 10.8. The van der Waals surface area contributed by atoms with Crippen molar-refractivity contribution in [2.75, 3.05) is 10.8 Å². The SMILES string of the molecule is CCC(C)NC(=O)C(CC)N(Cc1cccc(C)c1)C(=O)CN(c1ccccc1C)S(=O)(=O)c1ccc(Cl)cc1. The summed E-state index contributed by atoms with van der Waals surface area (Å²) >= 11 is 6.02. The molecule has 0 fully saturated rings. The van der Waals surface area contributed by atoms with Crippen LogP contribution >= 0.6 is 11.6 Å². The second-order valence-electron chi connectivity index (χ2n) is 10.0. The lowest BCUT2D eigenvalue weighted by Crippen LogP contribution is -2.53. The fourth-order valence-electron chi connectivity index (χ4n) is 4.46. The van der Waals surface area contributed by atoms with Gasteiger partial charge >= 0.3 is 0 Å². The number of carbonyl (C=O) groups excluding carboxylic acids is 2. The fourth-order valence-corrected chi connectivity index (χ4v) is 6.06. The number of rotatable bonds is 12. The number of carbonyl (C=O) groups is 2. The van der Waals surface area contributed by atoms with Crippen LogP contribution in [0.3, 0.4) is 0 Å². The van der Waals surface area contributed by atoms with Crippen LogP contribution in [-0.4, -0.2) is 43.8 Å². The van der Waals surface area contributed by atoms with Gasteiger partial charge in [0.2, 0.25) is 11.8 Å². The van der Waals surface area contributed by atoms with Crippen molar-refractivity contribution in [2.45, 2.75) is 71.0 Å². The van der Waals surface area contributed by atoms with Crippen molar-refractivity contribution in [1.82, 2.24) is 10.2 Å². The molecule has 0 radical (unpaired) electrons. The molecule has 3 rings (SSSR count). The molecule has 0 aliphatic carbocycles. The van der Waals surface area contributed by atoms with Crippen LogP contribution < -0.4 is 9.62 Å². The molecule has 40 heavy (non-hydrogen) atoms. The van der Waals surface area contributed by atoms with E-state index in [-0.39, 0.29) is 23.4 Å². The highest BCUT2D eigenvalue weighted by Gasteiger charge is 2.34.